The molecule has 0 aliphatic heterocycles. The second kappa shape index (κ2) is 9.39. The number of anilines is 1. The summed E-state index contributed by atoms with van der Waals surface area (Å²) in [5, 5.41) is 4.67. The molecule has 7 heteroatoms. The molecule has 142 valence electrons. The Kier molecular flexibility index (Phi) is 6.68. The molecule has 0 atom stereocenters. The number of hydrogen-bond acceptors (Lipinski definition) is 4. The number of hydrazone groups is 1. The molecular formula is C21H17BrClN3O2. The second-order valence-corrected chi connectivity index (χ2v) is 7.18. The van der Waals surface area contributed by atoms with Crippen molar-refractivity contribution in [3.63, 3.8) is 0 Å². The summed E-state index contributed by atoms with van der Waals surface area (Å²) in [4.78, 5) is 12.1. The number of nitrogens with zero attached hydrogens (tertiary/aromatic N) is 1. The highest BCUT2D eigenvalue weighted by molar-refractivity contribution is 9.10. The highest BCUT2D eigenvalue weighted by atomic mass is 79.9. The molecule has 1 amide bonds. The Morgan fingerprint density at radius 2 is 1.89 bits per heavy atom. The lowest BCUT2D eigenvalue weighted by Gasteiger charge is -2.09. The van der Waals surface area contributed by atoms with E-state index in [4.69, 9.17) is 22.1 Å². The van der Waals surface area contributed by atoms with Crippen molar-refractivity contribution >= 4 is 45.3 Å². The zero-order valence-corrected chi connectivity index (χ0v) is 17.1. The van der Waals surface area contributed by atoms with Crippen molar-refractivity contribution in [3.8, 4) is 5.75 Å². The van der Waals surface area contributed by atoms with Crippen LogP contribution in [0.4, 0.5) is 5.69 Å². The van der Waals surface area contributed by atoms with Crippen molar-refractivity contribution in [2.45, 2.75) is 6.61 Å². The van der Waals surface area contributed by atoms with E-state index in [0.717, 1.165) is 15.6 Å². The maximum Gasteiger partial charge on any atom is 0.273 e. The number of nitrogens with two attached hydrogens (primary N) is 1. The van der Waals surface area contributed by atoms with E-state index in [2.05, 4.69) is 26.5 Å². The number of carbonyl (C=O) groups excluding carboxylic acids is 1. The third-order valence-electron chi connectivity index (χ3n) is 3.85. The van der Waals surface area contributed by atoms with Crippen LogP contribution in [0, 0.1) is 0 Å². The number of halogens is 2. The van der Waals surface area contributed by atoms with E-state index in [1.807, 2.05) is 42.5 Å². The third kappa shape index (κ3) is 5.34. The molecule has 3 aromatic rings. The zero-order chi connectivity index (χ0) is 19.9. The van der Waals surface area contributed by atoms with Crippen molar-refractivity contribution in [2.24, 2.45) is 5.10 Å². The Morgan fingerprint density at radius 1 is 1.14 bits per heavy atom. The normalized spacial score (nSPS) is 10.8. The van der Waals surface area contributed by atoms with E-state index in [9.17, 15) is 4.79 Å². The highest BCUT2D eigenvalue weighted by Gasteiger charge is 2.07. The number of nitrogen functional groups attached to an aromatic ring is 1. The van der Waals surface area contributed by atoms with Gasteiger partial charge in [-0.3, -0.25) is 4.79 Å². The molecule has 0 spiro atoms. The van der Waals surface area contributed by atoms with Crippen LogP contribution in [0.15, 0.2) is 76.3 Å². The first-order valence-corrected chi connectivity index (χ1v) is 9.55. The summed E-state index contributed by atoms with van der Waals surface area (Å²) in [5.41, 5.74) is 10.8. The molecule has 0 bridgehead atoms. The van der Waals surface area contributed by atoms with E-state index in [1.54, 1.807) is 30.5 Å². The molecule has 0 heterocycles. The molecule has 5 nitrogen and oxygen atoms in total. The summed E-state index contributed by atoms with van der Waals surface area (Å²) in [6.07, 6.45) is 1.55. The molecule has 0 unspecified atom stereocenters. The first kappa shape index (κ1) is 19.9. The lowest BCUT2D eigenvalue weighted by Crippen LogP contribution is -2.18. The number of rotatable bonds is 6. The Balaban J connectivity index is 1.59. The fourth-order valence-corrected chi connectivity index (χ4v) is 3.02. The van der Waals surface area contributed by atoms with Crippen LogP contribution in [0.5, 0.6) is 5.75 Å². The van der Waals surface area contributed by atoms with Gasteiger partial charge in [0.1, 0.15) is 12.4 Å². The molecule has 3 rings (SSSR count). The molecule has 0 saturated carbocycles. The molecule has 0 aliphatic carbocycles. The van der Waals surface area contributed by atoms with Crippen LogP contribution in [-0.2, 0) is 6.61 Å². The lowest BCUT2D eigenvalue weighted by molar-refractivity contribution is 0.0956. The zero-order valence-electron chi connectivity index (χ0n) is 14.7. The number of ether oxygens (including phenoxy) is 1. The Labute approximate surface area is 176 Å². The average Bonchev–Trinajstić information content (AvgIpc) is 2.69. The van der Waals surface area contributed by atoms with Gasteiger partial charge in [0.15, 0.2) is 0 Å². The average molecular weight is 459 g/mol. The highest BCUT2D eigenvalue weighted by Crippen LogP contribution is 2.26. The van der Waals surface area contributed by atoms with Crippen LogP contribution in [0.2, 0.25) is 5.02 Å². The van der Waals surface area contributed by atoms with Crippen molar-refractivity contribution < 1.29 is 9.53 Å². The monoisotopic (exact) mass is 457 g/mol. The number of hydrogen-bond donors (Lipinski definition) is 2. The Bertz CT molecular complexity index is 1010. The van der Waals surface area contributed by atoms with Gasteiger partial charge in [-0.15, -0.1) is 0 Å². The first-order valence-electron chi connectivity index (χ1n) is 8.37. The smallest absolute Gasteiger partial charge is 0.273 e. The summed E-state index contributed by atoms with van der Waals surface area (Å²) in [5.74, 6) is 0.338. The third-order valence-corrected chi connectivity index (χ3v) is 4.72. The number of nitrogens with one attached hydrogen (secondary N) is 1. The standard InChI is InChI=1S/C21H17BrClN3O2/c22-18-11-15(12-25-26-21(27)17-3-1-2-4-19(17)24)7-10-20(18)28-13-14-5-8-16(23)9-6-14/h1-12H,13,24H2,(H,26,27)/b25-12+. The van der Waals surface area contributed by atoms with Crippen LogP contribution < -0.4 is 15.9 Å². The molecule has 3 aromatic carbocycles. The van der Waals surface area contributed by atoms with Crippen LogP contribution >= 0.6 is 27.5 Å². The molecule has 0 fully saturated rings. The molecule has 28 heavy (non-hydrogen) atoms. The maximum absolute atomic E-state index is 12.1. The van der Waals surface area contributed by atoms with Gasteiger partial charge >= 0.3 is 0 Å². The van der Waals surface area contributed by atoms with Gasteiger partial charge in [-0.05, 0) is 69.5 Å². The molecule has 0 saturated heterocycles. The minimum Gasteiger partial charge on any atom is -0.488 e. The van der Waals surface area contributed by atoms with E-state index >= 15 is 0 Å². The molecule has 3 N–H and O–H groups in total. The van der Waals surface area contributed by atoms with Crippen molar-refractivity contribution in [3.05, 3.63) is 92.9 Å². The predicted molar refractivity (Wildman–Crippen MR) is 116 cm³/mol. The van der Waals surface area contributed by atoms with Gasteiger partial charge < -0.3 is 10.5 Å². The van der Waals surface area contributed by atoms with Crippen LogP contribution in [-0.4, -0.2) is 12.1 Å². The number of carbonyl (C=O) groups is 1. The molecule has 0 aromatic heterocycles. The first-order chi connectivity index (χ1) is 13.5. The van der Waals surface area contributed by atoms with Crippen molar-refractivity contribution in [1.29, 1.82) is 0 Å². The van der Waals surface area contributed by atoms with Gasteiger partial charge in [0.2, 0.25) is 0 Å². The molecule has 0 aliphatic rings. The minimum atomic E-state index is -0.365. The van der Waals surface area contributed by atoms with E-state index < -0.39 is 0 Å². The summed E-state index contributed by atoms with van der Waals surface area (Å²) in [6.45, 7) is 0.428. The molecule has 0 radical (unpaired) electrons. The van der Waals surface area contributed by atoms with Crippen LogP contribution in [0.25, 0.3) is 0 Å². The summed E-state index contributed by atoms with van der Waals surface area (Å²) in [6, 6.07) is 19.8. The summed E-state index contributed by atoms with van der Waals surface area (Å²) >= 11 is 9.37. The topological polar surface area (TPSA) is 76.7 Å². The van der Waals surface area contributed by atoms with Crippen molar-refractivity contribution in [2.75, 3.05) is 5.73 Å². The van der Waals surface area contributed by atoms with E-state index in [1.165, 1.54) is 0 Å². The largest absolute Gasteiger partial charge is 0.488 e. The number of para-hydroxylation sites is 1. The fourth-order valence-electron chi connectivity index (χ4n) is 2.39. The number of benzene rings is 3. The SMILES string of the molecule is Nc1ccccc1C(=O)N/N=C/c1ccc(OCc2ccc(Cl)cc2)c(Br)c1. The maximum atomic E-state index is 12.1. The summed E-state index contributed by atoms with van der Waals surface area (Å²) < 4.78 is 6.59. The van der Waals surface area contributed by atoms with Crippen molar-refractivity contribution in [1.82, 2.24) is 5.43 Å². The Hall–Kier alpha value is -2.83. The van der Waals surface area contributed by atoms with Gasteiger partial charge in [-0.1, -0.05) is 35.9 Å². The van der Waals surface area contributed by atoms with E-state index in [0.29, 0.717) is 28.6 Å². The number of amides is 1. The van der Waals surface area contributed by atoms with Gasteiger partial charge in [0.25, 0.3) is 5.91 Å². The van der Waals surface area contributed by atoms with Gasteiger partial charge in [0.05, 0.1) is 16.3 Å². The summed E-state index contributed by atoms with van der Waals surface area (Å²) in [7, 11) is 0. The van der Waals surface area contributed by atoms with E-state index in [-0.39, 0.29) is 5.91 Å². The van der Waals surface area contributed by atoms with Gasteiger partial charge in [-0.25, -0.2) is 5.43 Å². The predicted octanol–water partition coefficient (Wildman–Crippen LogP) is 5.03. The fraction of sp³-hybridized carbons (Fsp3) is 0.0476. The van der Waals surface area contributed by atoms with Crippen LogP contribution in [0.1, 0.15) is 21.5 Å². The minimum absolute atomic E-state index is 0.365. The molecular weight excluding hydrogens is 442 g/mol. The Morgan fingerprint density at radius 3 is 2.61 bits per heavy atom. The second-order valence-electron chi connectivity index (χ2n) is 5.89. The van der Waals surface area contributed by atoms with Crippen LogP contribution in [0.3, 0.4) is 0 Å². The van der Waals surface area contributed by atoms with Gasteiger partial charge in [-0.2, -0.15) is 5.10 Å². The lowest BCUT2D eigenvalue weighted by atomic mass is 10.2. The quantitative estimate of drug-likeness (QED) is 0.309. The van der Waals surface area contributed by atoms with Gasteiger partial charge in [0, 0.05) is 10.7 Å².